The van der Waals surface area contributed by atoms with E-state index in [0.717, 1.165) is 11.3 Å². The molecule has 1 rings (SSSR count). The number of aryl methyl sites for hydroxylation is 2. The van der Waals surface area contributed by atoms with Crippen molar-refractivity contribution in [3.8, 4) is 5.88 Å². The van der Waals surface area contributed by atoms with Crippen LogP contribution in [0, 0.1) is 6.92 Å². The Morgan fingerprint density at radius 1 is 1.39 bits per heavy atom. The lowest BCUT2D eigenvalue weighted by Crippen LogP contribution is -2.18. The number of alkyl halides is 3. The highest BCUT2D eigenvalue weighted by molar-refractivity contribution is 5.30. The zero-order chi connectivity index (χ0) is 13.8. The summed E-state index contributed by atoms with van der Waals surface area (Å²) in [6.45, 7) is 2.62. The minimum atomic E-state index is -4.08. The van der Waals surface area contributed by atoms with Crippen LogP contribution in [0.3, 0.4) is 0 Å². The maximum Gasteiger partial charge on any atom is 0.389 e. The summed E-state index contributed by atoms with van der Waals surface area (Å²) in [7, 11) is 3.31. The van der Waals surface area contributed by atoms with Crippen LogP contribution in [-0.2, 0) is 13.6 Å². The van der Waals surface area contributed by atoms with Gasteiger partial charge in [0.2, 0.25) is 5.88 Å². The number of nitrogens with zero attached hydrogens (tertiary/aromatic N) is 2. The molecule has 4 nitrogen and oxygen atoms in total. The molecule has 0 aliphatic carbocycles. The van der Waals surface area contributed by atoms with Crippen LogP contribution in [-0.4, -0.2) is 29.6 Å². The molecule has 104 valence electrons. The molecule has 1 aromatic heterocycles. The maximum atomic E-state index is 11.9. The number of ether oxygens (including phenoxy) is 1. The average Bonchev–Trinajstić information content (AvgIpc) is 2.51. The SMILES string of the molecule is COc1c(CNCCCC(F)(F)F)c(C)nn1C. The largest absolute Gasteiger partial charge is 0.481 e. The summed E-state index contributed by atoms with van der Waals surface area (Å²) < 4.78 is 42.6. The molecule has 0 unspecified atom stereocenters. The molecule has 1 heterocycles. The lowest BCUT2D eigenvalue weighted by Gasteiger charge is -2.08. The van der Waals surface area contributed by atoms with Crippen molar-refractivity contribution in [2.45, 2.75) is 32.5 Å². The highest BCUT2D eigenvalue weighted by Crippen LogP contribution is 2.22. The first-order valence-electron chi connectivity index (χ1n) is 5.69. The van der Waals surface area contributed by atoms with Crippen LogP contribution in [0.15, 0.2) is 0 Å². The number of methoxy groups -OCH3 is 1. The Hall–Kier alpha value is -1.24. The van der Waals surface area contributed by atoms with Gasteiger partial charge in [0.15, 0.2) is 0 Å². The molecule has 18 heavy (non-hydrogen) atoms. The lowest BCUT2D eigenvalue weighted by atomic mass is 10.2. The number of aromatic nitrogens is 2. The predicted octanol–water partition coefficient (Wildman–Crippen LogP) is 2.17. The van der Waals surface area contributed by atoms with E-state index in [1.807, 2.05) is 6.92 Å². The molecule has 1 N–H and O–H groups in total. The maximum absolute atomic E-state index is 11.9. The second-order valence-corrected chi connectivity index (χ2v) is 4.09. The molecule has 7 heteroatoms. The molecule has 0 atom stereocenters. The van der Waals surface area contributed by atoms with Crippen LogP contribution in [0.4, 0.5) is 13.2 Å². The normalized spacial score (nSPS) is 11.9. The van der Waals surface area contributed by atoms with E-state index in [-0.39, 0.29) is 6.42 Å². The van der Waals surface area contributed by atoms with Crippen molar-refractivity contribution in [1.82, 2.24) is 15.1 Å². The van der Waals surface area contributed by atoms with Gasteiger partial charge in [-0.2, -0.15) is 18.3 Å². The van der Waals surface area contributed by atoms with Crippen LogP contribution in [0.2, 0.25) is 0 Å². The number of nitrogens with one attached hydrogen (secondary N) is 1. The van der Waals surface area contributed by atoms with Crippen LogP contribution >= 0.6 is 0 Å². The van der Waals surface area contributed by atoms with Crippen molar-refractivity contribution in [3.05, 3.63) is 11.3 Å². The molecule has 0 fully saturated rings. The van der Waals surface area contributed by atoms with Gasteiger partial charge in [0.05, 0.1) is 18.4 Å². The summed E-state index contributed by atoms with van der Waals surface area (Å²) in [5.74, 6) is 0.635. The Balaban J connectivity index is 2.40. The van der Waals surface area contributed by atoms with Crippen molar-refractivity contribution in [3.63, 3.8) is 0 Å². The average molecular weight is 265 g/mol. The minimum absolute atomic E-state index is 0.0745. The molecule has 0 radical (unpaired) electrons. The third-order valence-corrected chi connectivity index (χ3v) is 2.60. The molecule has 0 aliphatic heterocycles. The Morgan fingerprint density at radius 3 is 2.61 bits per heavy atom. The smallest absolute Gasteiger partial charge is 0.389 e. The van der Waals surface area contributed by atoms with E-state index >= 15 is 0 Å². The molecule has 0 saturated carbocycles. The lowest BCUT2D eigenvalue weighted by molar-refractivity contribution is -0.135. The standard InChI is InChI=1S/C11H18F3N3O/c1-8-9(10(18-3)17(2)16-8)7-15-6-4-5-11(12,13)14/h15H,4-7H2,1-3H3. The van der Waals surface area contributed by atoms with E-state index in [0.29, 0.717) is 19.0 Å². The fourth-order valence-corrected chi connectivity index (χ4v) is 1.77. The van der Waals surface area contributed by atoms with Gasteiger partial charge in [-0.25, -0.2) is 4.68 Å². The van der Waals surface area contributed by atoms with Crippen LogP contribution in [0.25, 0.3) is 0 Å². The van der Waals surface area contributed by atoms with Gasteiger partial charge in [-0.3, -0.25) is 0 Å². The van der Waals surface area contributed by atoms with Crippen molar-refractivity contribution in [2.75, 3.05) is 13.7 Å². The fraction of sp³-hybridized carbons (Fsp3) is 0.727. The predicted molar refractivity (Wildman–Crippen MR) is 61.5 cm³/mol. The van der Waals surface area contributed by atoms with Crippen LogP contribution < -0.4 is 10.1 Å². The summed E-state index contributed by atoms with van der Waals surface area (Å²) in [5.41, 5.74) is 1.70. The Morgan fingerprint density at radius 2 is 2.06 bits per heavy atom. The zero-order valence-corrected chi connectivity index (χ0v) is 10.8. The first-order chi connectivity index (χ1) is 8.35. The number of halogens is 3. The van der Waals surface area contributed by atoms with Crippen LogP contribution in [0.5, 0.6) is 5.88 Å². The highest BCUT2D eigenvalue weighted by Gasteiger charge is 2.25. The van der Waals surface area contributed by atoms with Gasteiger partial charge in [0, 0.05) is 20.0 Å². The zero-order valence-electron chi connectivity index (χ0n) is 10.8. The van der Waals surface area contributed by atoms with Crippen molar-refractivity contribution in [1.29, 1.82) is 0 Å². The Kier molecular flexibility index (Phi) is 5.01. The molecule has 0 amide bonds. The van der Waals surface area contributed by atoms with E-state index in [2.05, 4.69) is 10.4 Å². The molecular formula is C11H18F3N3O. The van der Waals surface area contributed by atoms with Crippen LogP contribution in [0.1, 0.15) is 24.1 Å². The van der Waals surface area contributed by atoms with Gasteiger partial charge in [-0.1, -0.05) is 0 Å². The van der Waals surface area contributed by atoms with E-state index in [1.54, 1.807) is 18.8 Å². The van der Waals surface area contributed by atoms with E-state index in [1.165, 1.54) is 0 Å². The number of rotatable bonds is 6. The van der Waals surface area contributed by atoms with Gasteiger partial charge in [0.1, 0.15) is 0 Å². The van der Waals surface area contributed by atoms with Gasteiger partial charge in [-0.15, -0.1) is 0 Å². The highest BCUT2D eigenvalue weighted by atomic mass is 19.4. The van der Waals surface area contributed by atoms with Crippen molar-refractivity contribution >= 4 is 0 Å². The molecule has 0 saturated heterocycles. The Bertz CT molecular complexity index is 388. The number of hydrogen-bond acceptors (Lipinski definition) is 3. The van der Waals surface area contributed by atoms with Crippen molar-refractivity contribution < 1.29 is 17.9 Å². The molecule has 0 bridgehead atoms. The minimum Gasteiger partial charge on any atom is -0.481 e. The summed E-state index contributed by atoms with van der Waals surface area (Å²) in [5, 5.41) is 7.16. The molecule has 1 aromatic rings. The van der Waals surface area contributed by atoms with E-state index < -0.39 is 12.6 Å². The second kappa shape index (κ2) is 6.08. The van der Waals surface area contributed by atoms with Gasteiger partial charge in [0.25, 0.3) is 0 Å². The van der Waals surface area contributed by atoms with Crippen molar-refractivity contribution in [2.24, 2.45) is 7.05 Å². The summed E-state index contributed by atoms with van der Waals surface area (Å²) in [4.78, 5) is 0. The molecule has 0 aliphatic rings. The van der Waals surface area contributed by atoms with E-state index in [9.17, 15) is 13.2 Å². The van der Waals surface area contributed by atoms with Gasteiger partial charge >= 0.3 is 6.18 Å². The first-order valence-corrected chi connectivity index (χ1v) is 5.69. The third-order valence-electron chi connectivity index (χ3n) is 2.60. The summed E-state index contributed by atoms with van der Waals surface area (Å²) in [6.07, 6.45) is -4.77. The third kappa shape index (κ3) is 4.21. The van der Waals surface area contributed by atoms with E-state index in [4.69, 9.17) is 4.74 Å². The van der Waals surface area contributed by atoms with Gasteiger partial charge < -0.3 is 10.1 Å². The topological polar surface area (TPSA) is 39.1 Å². The second-order valence-electron chi connectivity index (χ2n) is 4.09. The molecule has 0 aromatic carbocycles. The number of hydrogen-bond donors (Lipinski definition) is 1. The fourth-order valence-electron chi connectivity index (χ4n) is 1.77. The summed E-state index contributed by atoms with van der Waals surface area (Å²) in [6, 6.07) is 0. The first kappa shape index (κ1) is 14.8. The Labute approximate surface area is 104 Å². The molecule has 0 spiro atoms. The monoisotopic (exact) mass is 265 g/mol. The summed E-state index contributed by atoms with van der Waals surface area (Å²) >= 11 is 0. The quantitative estimate of drug-likeness (QED) is 0.801. The van der Waals surface area contributed by atoms with Gasteiger partial charge in [-0.05, 0) is 19.9 Å². The molecular weight excluding hydrogens is 247 g/mol.